The van der Waals surface area contributed by atoms with Crippen LogP contribution in [0.2, 0.25) is 0 Å². The van der Waals surface area contributed by atoms with Gasteiger partial charge in [-0.3, -0.25) is 0 Å². The third kappa shape index (κ3) is 3.47. The number of aliphatic hydroxyl groups is 1. The van der Waals surface area contributed by atoms with E-state index < -0.39 is 0 Å². The van der Waals surface area contributed by atoms with Crippen LogP contribution in [0, 0.1) is 5.92 Å². The third-order valence-electron chi connectivity index (χ3n) is 3.22. The van der Waals surface area contributed by atoms with E-state index in [-0.39, 0.29) is 6.10 Å². The van der Waals surface area contributed by atoms with Gasteiger partial charge in [0.2, 0.25) is 0 Å². The fourth-order valence-electron chi connectivity index (χ4n) is 2.26. The fraction of sp³-hybridized carbons (Fsp3) is 0.571. The van der Waals surface area contributed by atoms with Gasteiger partial charge in [-0.2, -0.15) is 0 Å². The van der Waals surface area contributed by atoms with Crippen molar-refractivity contribution in [2.75, 3.05) is 19.0 Å². The molecule has 2 nitrogen and oxygen atoms in total. The minimum Gasteiger partial charge on any atom is -0.388 e. The second kappa shape index (κ2) is 6.43. The van der Waals surface area contributed by atoms with Gasteiger partial charge < -0.3 is 9.84 Å². The molecule has 0 spiro atoms. The minimum atomic E-state index is -0.337. The average Bonchev–Trinajstić information content (AvgIpc) is 2.40. The summed E-state index contributed by atoms with van der Waals surface area (Å²) in [5.74, 6) is 1.42. The molecule has 1 aliphatic heterocycles. The first-order valence-electron chi connectivity index (χ1n) is 6.30. The Hall–Kier alpha value is -0.510. The van der Waals surface area contributed by atoms with Gasteiger partial charge in [-0.1, -0.05) is 19.1 Å². The Bertz CT molecular complexity index is 348. The Morgan fingerprint density at radius 3 is 2.88 bits per heavy atom. The number of hydrogen-bond donors (Lipinski definition) is 1. The number of ether oxygens (including phenoxy) is 1. The molecule has 17 heavy (non-hydrogen) atoms. The van der Waals surface area contributed by atoms with E-state index in [1.54, 1.807) is 0 Å². The molecule has 1 saturated heterocycles. The van der Waals surface area contributed by atoms with Crippen LogP contribution in [0.25, 0.3) is 0 Å². The lowest BCUT2D eigenvalue weighted by Gasteiger charge is -2.27. The molecule has 2 rings (SSSR count). The molecule has 0 bridgehead atoms. The van der Waals surface area contributed by atoms with Crippen LogP contribution >= 0.6 is 11.8 Å². The topological polar surface area (TPSA) is 29.5 Å². The average molecular weight is 252 g/mol. The molecule has 0 amide bonds. The predicted molar refractivity (Wildman–Crippen MR) is 71.3 cm³/mol. The zero-order valence-electron chi connectivity index (χ0n) is 10.3. The fourth-order valence-corrected chi connectivity index (χ4v) is 2.99. The highest BCUT2D eigenvalue weighted by atomic mass is 32.2. The van der Waals surface area contributed by atoms with Gasteiger partial charge in [0.25, 0.3) is 0 Å². The highest BCUT2D eigenvalue weighted by Crippen LogP contribution is 2.31. The summed E-state index contributed by atoms with van der Waals surface area (Å²) in [5, 5.41) is 10.4. The lowest BCUT2D eigenvalue weighted by atomic mass is 9.89. The smallest absolute Gasteiger partial charge is 0.0820 e. The number of benzene rings is 1. The SMILES string of the molecule is CCSc1cccc(C(O)C2CCOCC2)c1. The van der Waals surface area contributed by atoms with Gasteiger partial charge in [-0.25, -0.2) is 0 Å². The van der Waals surface area contributed by atoms with Gasteiger partial charge in [-0.05, 0) is 42.2 Å². The summed E-state index contributed by atoms with van der Waals surface area (Å²) in [6.07, 6.45) is 1.59. The first-order valence-corrected chi connectivity index (χ1v) is 7.28. The van der Waals surface area contributed by atoms with Crippen LogP contribution in [0.4, 0.5) is 0 Å². The number of thioether (sulfide) groups is 1. The zero-order chi connectivity index (χ0) is 12.1. The Morgan fingerprint density at radius 2 is 2.18 bits per heavy atom. The van der Waals surface area contributed by atoms with Crippen molar-refractivity contribution in [3.05, 3.63) is 29.8 Å². The summed E-state index contributed by atoms with van der Waals surface area (Å²) in [5.41, 5.74) is 1.05. The highest BCUT2D eigenvalue weighted by Gasteiger charge is 2.23. The largest absolute Gasteiger partial charge is 0.388 e. The highest BCUT2D eigenvalue weighted by molar-refractivity contribution is 7.99. The second-order valence-corrected chi connectivity index (χ2v) is 5.74. The molecule has 1 aliphatic rings. The Morgan fingerprint density at radius 1 is 1.41 bits per heavy atom. The number of rotatable bonds is 4. The summed E-state index contributed by atoms with van der Waals surface area (Å²) in [4.78, 5) is 1.25. The molecule has 1 heterocycles. The minimum absolute atomic E-state index is 0.337. The third-order valence-corrected chi connectivity index (χ3v) is 4.10. The van der Waals surface area contributed by atoms with Gasteiger partial charge in [0.05, 0.1) is 6.10 Å². The molecule has 1 unspecified atom stereocenters. The monoisotopic (exact) mass is 252 g/mol. The summed E-state index contributed by atoms with van der Waals surface area (Å²) >= 11 is 1.82. The van der Waals surface area contributed by atoms with Crippen LogP contribution in [0.5, 0.6) is 0 Å². The van der Waals surface area contributed by atoms with Crippen molar-refractivity contribution in [3.63, 3.8) is 0 Å². The maximum atomic E-state index is 10.4. The summed E-state index contributed by atoms with van der Waals surface area (Å²) in [6, 6.07) is 8.29. The molecule has 94 valence electrons. The lowest BCUT2D eigenvalue weighted by Crippen LogP contribution is -2.21. The predicted octanol–water partition coefficient (Wildman–Crippen LogP) is 3.26. The molecule has 1 N–H and O–H groups in total. The van der Waals surface area contributed by atoms with Crippen molar-refractivity contribution < 1.29 is 9.84 Å². The Labute approximate surface area is 107 Å². The Kier molecular flexibility index (Phi) is 4.89. The quantitative estimate of drug-likeness (QED) is 0.834. The van der Waals surface area contributed by atoms with Crippen molar-refractivity contribution in [3.8, 4) is 0 Å². The van der Waals surface area contributed by atoms with Gasteiger partial charge >= 0.3 is 0 Å². The number of hydrogen-bond acceptors (Lipinski definition) is 3. The van der Waals surface area contributed by atoms with Crippen LogP contribution in [0.15, 0.2) is 29.2 Å². The first kappa shape index (κ1) is 12.9. The van der Waals surface area contributed by atoms with Crippen molar-refractivity contribution >= 4 is 11.8 Å². The molecule has 0 radical (unpaired) electrons. The van der Waals surface area contributed by atoms with Crippen molar-refractivity contribution in [2.24, 2.45) is 5.92 Å². The molecule has 1 fully saturated rings. The van der Waals surface area contributed by atoms with E-state index in [0.29, 0.717) is 5.92 Å². The van der Waals surface area contributed by atoms with E-state index in [1.807, 2.05) is 23.9 Å². The molecule has 1 aromatic carbocycles. The maximum absolute atomic E-state index is 10.4. The van der Waals surface area contributed by atoms with Crippen molar-refractivity contribution in [1.82, 2.24) is 0 Å². The van der Waals surface area contributed by atoms with Gasteiger partial charge in [0, 0.05) is 18.1 Å². The van der Waals surface area contributed by atoms with Crippen molar-refractivity contribution in [2.45, 2.75) is 30.8 Å². The molecule has 0 aromatic heterocycles. The zero-order valence-corrected chi connectivity index (χ0v) is 11.1. The first-order chi connectivity index (χ1) is 8.31. The van der Waals surface area contributed by atoms with Gasteiger partial charge in [-0.15, -0.1) is 11.8 Å². The van der Waals surface area contributed by atoms with Crippen LogP contribution in [-0.2, 0) is 4.74 Å². The van der Waals surface area contributed by atoms with E-state index in [9.17, 15) is 5.11 Å². The normalized spacial score (nSPS) is 19.2. The Balaban J connectivity index is 2.06. The maximum Gasteiger partial charge on any atom is 0.0820 e. The molecule has 1 aromatic rings. The van der Waals surface area contributed by atoms with E-state index in [2.05, 4.69) is 19.1 Å². The standard InChI is InChI=1S/C14H20O2S/c1-2-17-13-5-3-4-12(10-13)14(15)11-6-8-16-9-7-11/h3-5,10-11,14-15H,2,6-9H2,1H3. The van der Waals surface area contributed by atoms with Crippen LogP contribution in [0.1, 0.15) is 31.4 Å². The van der Waals surface area contributed by atoms with Gasteiger partial charge in [0.15, 0.2) is 0 Å². The molecular formula is C14H20O2S. The molecule has 0 saturated carbocycles. The summed E-state index contributed by atoms with van der Waals surface area (Å²) < 4.78 is 5.33. The molecule has 0 aliphatic carbocycles. The van der Waals surface area contributed by atoms with Crippen LogP contribution in [-0.4, -0.2) is 24.1 Å². The van der Waals surface area contributed by atoms with Crippen LogP contribution in [0.3, 0.4) is 0 Å². The second-order valence-electron chi connectivity index (χ2n) is 4.40. The van der Waals surface area contributed by atoms with E-state index in [4.69, 9.17) is 4.74 Å². The number of aliphatic hydroxyl groups excluding tert-OH is 1. The van der Waals surface area contributed by atoms with E-state index >= 15 is 0 Å². The molecular weight excluding hydrogens is 232 g/mol. The van der Waals surface area contributed by atoms with E-state index in [0.717, 1.165) is 37.4 Å². The lowest BCUT2D eigenvalue weighted by molar-refractivity contribution is 0.00711. The van der Waals surface area contributed by atoms with Crippen molar-refractivity contribution in [1.29, 1.82) is 0 Å². The van der Waals surface area contributed by atoms with Gasteiger partial charge in [0.1, 0.15) is 0 Å². The molecule has 3 heteroatoms. The molecule has 1 atom stereocenters. The summed E-state index contributed by atoms with van der Waals surface area (Å²) in [7, 11) is 0. The summed E-state index contributed by atoms with van der Waals surface area (Å²) in [6.45, 7) is 3.71. The van der Waals surface area contributed by atoms with E-state index in [1.165, 1.54) is 4.90 Å². The van der Waals surface area contributed by atoms with Crippen LogP contribution < -0.4 is 0 Å².